The third kappa shape index (κ3) is 3.02. The normalized spacial score (nSPS) is 20.8. The van der Waals surface area contributed by atoms with Gasteiger partial charge in [-0.3, -0.25) is 0 Å². The molecule has 0 atom stereocenters. The first-order chi connectivity index (χ1) is 7.98. The fraction of sp³-hybridized carbons (Fsp3) is 0.786. The van der Waals surface area contributed by atoms with Crippen LogP contribution in [0.25, 0.3) is 0 Å². The van der Waals surface area contributed by atoms with Crippen molar-refractivity contribution >= 4 is 5.95 Å². The zero-order chi connectivity index (χ0) is 12.5. The standard InChI is InChI=1S/C14H25N3/c1-11(2)17-10-9-15-13(17)16-12-5-7-14(3,4)8-6-12/h9-12H,5-8H2,1-4H3,(H,15,16). The Hall–Kier alpha value is -0.990. The molecule has 3 nitrogen and oxygen atoms in total. The smallest absolute Gasteiger partial charge is 0.203 e. The van der Waals surface area contributed by atoms with Gasteiger partial charge in [0.05, 0.1) is 0 Å². The zero-order valence-electron chi connectivity index (χ0n) is 11.5. The molecule has 0 saturated heterocycles. The fourth-order valence-electron chi connectivity index (χ4n) is 2.57. The third-order valence-corrected chi connectivity index (χ3v) is 3.90. The van der Waals surface area contributed by atoms with Crippen molar-refractivity contribution in [1.82, 2.24) is 9.55 Å². The Morgan fingerprint density at radius 3 is 2.59 bits per heavy atom. The summed E-state index contributed by atoms with van der Waals surface area (Å²) in [5.41, 5.74) is 0.533. The van der Waals surface area contributed by atoms with Crippen LogP contribution in [0.5, 0.6) is 0 Å². The van der Waals surface area contributed by atoms with Crippen LogP contribution in [-0.2, 0) is 0 Å². The molecule has 2 rings (SSSR count). The SMILES string of the molecule is CC(C)n1ccnc1NC1CCC(C)(C)CC1. The second-order valence-electron chi connectivity index (χ2n) is 6.33. The minimum atomic E-state index is 0.472. The second-order valence-corrected chi connectivity index (χ2v) is 6.33. The first kappa shape index (κ1) is 12.5. The molecule has 1 aromatic rings. The Labute approximate surface area is 105 Å². The summed E-state index contributed by atoms with van der Waals surface area (Å²) in [5, 5.41) is 3.60. The average molecular weight is 235 g/mol. The van der Waals surface area contributed by atoms with Crippen LogP contribution in [0.2, 0.25) is 0 Å². The molecule has 1 aliphatic carbocycles. The van der Waals surface area contributed by atoms with Crippen molar-refractivity contribution in [2.45, 2.75) is 65.5 Å². The molecule has 0 amide bonds. The van der Waals surface area contributed by atoms with Crippen molar-refractivity contribution in [2.75, 3.05) is 5.32 Å². The molecule has 1 heterocycles. The van der Waals surface area contributed by atoms with Gasteiger partial charge < -0.3 is 9.88 Å². The Balaban J connectivity index is 1.96. The Bertz CT molecular complexity index is 355. The summed E-state index contributed by atoms with van der Waals surface area (Å²) in [7, 11) is 0. The largest absolute Gasteiger partial charge is 0.353 e. The summed E-state index contributed by atoms with van der Waals surface area (Å²) >= 11 is 0. The molecule has 17 heavy (non-hydrogen) atoms. The van der Waals surface area contributed by atoms with Crippen LogP contribution in [0.15, 0.2) is 12.4 Å². The molecule has 1 N–H and O–H groups in total. The van der Waals surface area contributed by atoms with Crippen LogP contribution in [0.1, 0.15) is 59.4 Å². The molecular formula is C14H25N3. The van der Waals surface area contributed by atoms with Gasteiger partial charge in [-0.1, -0.05) is 13.8 Å². The van der Waals surface area contributed by atoms with E-state index in [4.69, 9.17) is 0 Å². The van der Waals surface area contributed by atoms with Crippen molar-refractivity contribution in [2.24, 2.45) is 5.41 Å². The van der Waals surface area contributed by atoms with Crippen LogP contribution in [0.3, 0.4) is 0 Å². The number of nitrogens with one attached hydrogen (secondary N) is 1. The lowest BCUT2D eigenvalue weighted by Gasteiger charge is -2.35. The number of rotatable bonds is 3. The van der Waals surface area contributed by atoms with Crippen LogP contribution in [0.4, 0.5) is 5.95 Å². The number of nitrogens with zero attached hydrogens (tertiary/aromatic N) is 2. The predicted octanol–water partition coefficient (Wildman–Crippen LogP) is 3.84. The van der Waals surface area contributed by atoms with Gasteiger partial charge in [-0.15, -0.1) is 0 Å². The van der Waals surface area contributed by atoms with E-state index in [9.17, 15) is 0 Å². The van der Waals surface area contributed by atoms with Gasteiger partial charge in [0.1, 0.15) is 0 Å². The molecule has 1 saturated carbocycles. The number of imidazole rings is 1. The number of anilines is 1. The maximum absolute atomic E-state index is 4.42. The monoisotopic (exact) mass is 235 g/mol. The van der Waals surface area contributed by atoms with E-state index in [1.54, 1.807) is 0 Å². The van der Waals surface area contributed by atoms with Gasteiger partial charge in [0, 0.05) is 24.5 Å². The van der Waals surface area contributed by atoms with Gasteiger partial charge >= 0.3 is 0 Å². The highest BCUT2D eigenvalue weighted by atomic mass is 15.2. The summed E-state index contributed by atoms with van der Waals surface area (Å²) < 4.78 is 2.21. The summed E-state index contributed by atoms with van der Waals surface area (Å²) in [6, 6.07) is 1.07. The first-order valence-electron chi connectivity index (χ1n) is 6.77. The van der Waals surface area contributed by atoms with E-state index in [-0.39, 0.29) is 0 Å². The maximum Gasteiger partial charge on any atom is 0.203 e. The molecule has 0 unspecified atom stereocenters. The van der Waals surface area contributed by atoms with Gasteiger partial charge in [0.25, 0.3) is 0 Å². The number of hydrogen-bond acceptors (Lipinski definition) is 2. The Morgan fingerprint density at radius 2 is 2.00 bits per heavy atom. The van der Waals surface area contributed by atoms with Crippen molar-refractivity contribution in [1.29, 1.82) is 0 Å². The maximum atomic E-state index is 4.42. The minimum absolute atomic E-state index is 0.472. The molecule has 1 fully saturated rings. The summed E-state index contributed by atoms with van der Waals surface area (Å²) in [4.78, 5) is 4.42. The lowest BCUT2D eigenvalue weighted by atomic mass is 9.76. The van der Waals surface area contributed by atoms with Crippen LogP contribution < -0.4 is 5.32 Å². The molecule has 0 spiro atoms. The highest BCUT2D eigenvalue weighted by molar-refractivity contribution is 5.28. The van der Waals surface area contributed by atoms with E-state index < -0.39 is 0 Å². The lowest BCUT2D eigenvalue weighted by molar-refractivity contribution is 0.232. The minimum Gasteiger partial charge on any atom is -0.353 e. The van der Waals surface area contributed by atoms with E-state index in [0.717, 1.165) is 5.95 Å². The molecule has 0 aliphatic heterocycles. The summed E-state index contributed by atoms with van der Waals surface area (Å²) in [6.07, 6.45) is 9.09. The van der Waals surface area contributed by atoms with Crippen LogP contribution in [0, 0.1) is 5.41 Å². The lowest BCUT2D eigenvalue weighted by Crippen LogP contribution is -2.31. The molecule has 0 aromatic carbocycles. The van der Waals surface area contributed by atoms with E-state index in [2.05, 4.69) is 48.8 Å². The van der Waals surface area contributed by atoms with E-state index in [1.807, 2.05) is 6.20 Å². The van der Waals surface area contributed by atoms with Crippen molar-refractivity contribution < 1.29 is 0 Å². The van der Waals surface area contributed by atoms with Crippen LogP contribution in [-0.4, -0.2) is 15.6 Å². The van der Waals surface area contributed by atoms with E-state index in [1.165, 1.54) is 25.7 Å². The highest BCUT2D eigenvalue weighted by Gasteiger charge is 2.27. The van der Waals surface area contributed by atoms with E-state index in [0.29, 0.717) is 17.5 Å². The predicted molar refractivity (Wildman–Crippen MR) is 72.3 cm³/mol. The van der Waals surface area contributed by atoms with Crippen LogP contribution >= 0.6 is 0 Å². The van der Waals surface area contributed by atoms with Gasteiger partial charge in [-0.05, 0) is 44.9 Å². The first-order valence-corrected chi connectivity index (χ1v) is 6.77. The molecule has 0 radical (unpaired) electrons. The molecule has 0 bridgehead atoms. The van der Waals surface area contributed by atoms with Crippen molar-refractivity contribution in [3.8, 4) is 0 Å². The average Bonchev–Trinajstić information content (AvgIpc) is 2.69. The van der Waals surface area contributed by atoms with Gasteiger partial charge in [0.2, 0.25) is 5.95 Å². The summed E-state index contributed by atoms with van der Waals surface area (Å²) in [5.74, 6) is 1.03. The molecule has 96 valence electrons. The summed E-state index contributed by atoms with van der Waals surface area (Å²) in [6.45, 7) is 9.13. The van der Waals surface area contributed by atoms with Gasteiger partial charge in [0.15, 0.2) is 0 Å². The molecule has 1 aliphatic rings. The number of aromatic nitrogens is 2. The molecular weight excluding hydrogens is 210 g/mol. The van der Waals surface area contributed by atoms with E-state index >= 15 is 0 Å². The van der Waals surface area contributed by atoms with Crippen molar-refractivity contribution in [3.05, 3.63) is 12.4 Å². The number of hydrogen-bond donors (Lipinski definition) is 1. The quantitative estimate of drug-likeness (QED) is 0.862. The highest BCUT2D eigenvalue weighted by Crippen LogP contribution is 2.36. The van der Waals surface area contributed by atoms with Gasteiger partial charge in [-0.2, -0.15) is 0 Å². The Morgan fingerprint density at radius 1 is 1.35 bits per heavy atom. The molecule has 1 aromatic heterocycles. The fourth-order valence-corrected chi connectivity index (χ4v) is 2.57. The topological polar surface area (TPSA) is 29.9 Å². The second kappa shape index (κ2) is 4.71. The third-order valence-electron chi connectivity index (χ3n) is 3.90. The van der Waals surface area contributed by atoms with Gasteiger partial charge in [-0.25, -0.2) is 4.98 Å². The zero-order valence-corrected chi connectivity index (χ0v) is 11.5. The Kier molecular flexibility index (Phi) is 3.45. The molecule has 3 heteroatoms. The van der Waals surface area contributed by atoms with Crippen molar-refractivity contribution in [3.63, 3.8) is 0 Å².